The molecular formula is C8H10O9Ti. The van der Waals surface area contributed by atoms with Crippen molar-refractivity contribution in [3.63, 3.8) is 0 Å². The van der Waals surface area contributed by atoms with Crippen LogP contribution in [0.3, 0.4) is 0 Å². The van der Waals surface area contributed by atoms with E-state index in [1.165, 1.54) is 0 Å². The summed E-state index contributed by atoms with van der Waals surface area (Å²) in [6.45, 7) is 6.09. The van der Waals surface area contributed by atoms with Crippen LogP contribution in [0.4, 0.5) is 0 Å². The van der Waals surface area contributed by atoms with E-state index in [9.17, 15) is 14.4 Å². The molecule has 0 aromatic rings. The van der Waals surface area contributed by atoms with Gasteiger partial charge in [-0.15, -0.1) is 0 Å². The summed E-state index contributed by atoms with van der Waals surface area (Å²) in [5.74, 6) is -3.61. The SMILES string of the molecule is C=CC(=O)OC(OC(=O)C=C)C(=O)O.[O]=[Ti]([OH])[OH]. The predicted octanol–water partition coefficient (Wildman–Crippen LogP) is -1.38. The van der Waals surface area contributed by atoms with Crippen LogP contribution in [0, 0.1) is 0 Å². The summed E-state index contributed by atoms with van der Waals surface area (Å²) >= 11 is -3.58. The number of carboxylic acids is 1. The Hall–Kier alpha value is -1.68. The summed E-state index contributed by atoms with van der Waals surface area (Å²) in [5.41, 5.74) is 0. The summed E-state index contributed by atoms with van der Waals surface area (Å²) in [5, 5.41) is 8.44. The Bertz CT molecular complexity index is 336. The van der Waals surface area contributed by atoms with Gasteiger partial charge in [0.15, 0.2) is 0 Å². The van der Waals surface area contributed by atoms with Gasteiger partial charge in [0.25, 0.3) is 0 Å². The molecule has 3 N–H and O–H groups in total. The van der Waals surface area contributed by atoms with Crippen LogP contribution in [0.25, 0.3) is 0 Å². The van der Waals surface area contributed by atoms with Crippen molar-refractivity contribution in [3.8, 4) is 0 Å². The number of carbonyl (C=O) groups is 3. The van der Waals surface area contributed by atoms with E-state index in [1.807, 2.05) is 0 Å². The fraction of sp³-hybridized carbons (Fsp3) is 0.125. The normalized spacial score (nSPS) is 8.39. The molecule has 18 heavy (non-hydrogen) atoms. The fourth-order valence-electron chi connectivity index (χ4n) is 0.432. The second-order valence-electron chi connectivity index (χ2n) is 2.23. The van der Waals surface area contributed by atoms with Gasteiger partial charge < -0.3 is 14.6 Å². The zero-order valence-electron chi connectivity index (χ0n) is 8.94. The van der Waals surface area contributed by atoms with Gasteiger partial charge in [0, 0.05) is 12.2 Å². The summed E-state index contributed by atoms with van der Waals surface area (Å²) in [4.78, 5) is 31.5. The van der Waals surface area contributed by atoms with Crippen LogP contribution in [0.2, 0.25) is 0 Å². The first kappa shape index (κ1) is 18.7. The van der Waals surface area contributed by atoms with Gasteiger partial charge in [0.1, 0.15) is 0 Å². The number of rotatable bonds is 5. The van der Waals surface area contributed by atoms with Gasteiger partial charge in [-0.1, -0.05) is 13.2 Å². The molecule has 9 nitrogen and oxygen atoms in total. The van der Waals surface area contributed by atoms with Crippen LogP contribution in [-0.4, -0.2) is 36.7 Å². The van der Waals surface area contributed by atoms with E-state index < -0.39 is 42.8 Å². The van der Waals surface area contributed by atoms with Crippen molar-refractivity contribution in [2.75, 3.05) is 0 Å². The standard InChI is InChI=1S/C8H8O6.2H2O.O.Ti/c1-3-5(9)13-8(7(11)12)14-6(10)4-2;;;;/h3-4,8H,1-2H2,(H,11,12);2*1H2;;/q;;;;+2/p-2. The number of carbonyl (C=O) groups excluding carboxylic acids is 2. The van der Waals surface area contributed by atoms with Crippen LogP contribution in [0.5, 0.6) is 0 Å². The minimum atomic E-state index is -3.58. The Morgan fingerprint density at radius 2 is 1.33 bits per heavy atom. The molecule has 0 bridgehead atoms. The zero-order valence-corrected chi connectivity index (χ0v) is 10.5. The molecule has 100 valence electrons. The third-order valence-corrected chi connectivity index (χ3v) is 0.981. The molecule has 0 aromatic heterocycles. The number of aliphatic carboxylic acids is 1. The second kappa shape index (κ2) is 10.5. The van der Waals surface area contributed by atoms with E-state index in [0.717, 1.165) is 12.2 Å². The van der Waals surface area contributed by atoms with Gasteiger partial charge in [0.05, 0.1) is 0 Å². The van der Waals surface area contributed by atoms with Gasteiger partial charge in [0.2, 0.25) is 0 Å². The molecule has 0 spiro atoms. The number of esters is 2. The molecule has 0 aliphatic carbocycles. The van der Waals surface area contributed by atoms with Crippen molar-refractivity contribution in [3.05, 3.63) is 25.3 Å². The quantitative estimate of drug-likeness (QED) is 0.242. The van der Waals surface area contributed by atoms with E-state index in [0.29, 0.717) is 0 Å². The molecular weight excluding hydrogens is 288 g/mol. The van der Waals surface area contributed by atoms with Crippen molar-refractivity contribution >= 4 is 17.9 Å². The summed E-state index contributed by atoms with van der Waals surface area (Å²) < 4.78 is 31.6. The number of hydrogen-bond acceptors (Lipinski definition) is 6. The van der Waals surface area contributed by atoms with Gasteiger partial charge in [-0.05, 0) is 0 Å². The Kier molecular flexibility index (Phi) is 10.9. The Labute approximate surface area is 108 Å². The van der Waals surface area contributed by atoms with Crippen molar-refractivity contribution in [1.82, 2.24) is 0 Å². The van der Waals surface area contributed by atoms with Crippen molar-refractivity contribution < 1.29 is 58.3 Å². The zero-order chi connectivity index (χ0) is 14.7. The Morgan fingerprint density at radius 1 is 1.06 bits per heavy atom. The van der Waals surface area contributed by atoms with Crippen molar-refractivity contribution in [2.24, 2.45) is 0 Å². The first-order valence-corrected chi connectivity index (χ1v) is 6.08. The first-order valence-electron chi connectivity index (χ1n) is 4.05. The van der Waals surface area contributed by atoms with Crippen molar-refractivity contribution in [2.45, 2.75) is 6.29 Å². The third-order valence-electron chi connectivity index (χ3n) is 0.981. The molecule has 0 unspecified atom stereocenters. The van der Waals surface area contributed by atoms with E-state index in [2.05, 4.69) is 22.6 Å². The predicted molar refractivity (Wildman–Crippen MR) is 49.1 cm³/mol. The van der Waals surface area contributed by atoms with Gasteiger partial charge in [-0.25, -0.2) is 14.4 Å². The van der Waals surface area contributed by atoms with Gasteiger partial charge >= 0.3 is 53.5 Å². The molecule has 0 rings (SSSR count). The topological polar surface area (TPSA) is 147 Å². The maximum atomic E-state index is 10.6. The average Bonchev–Trinajstić information content (AvgIpc) is 2.26. The molecule has 0 heterocycles. The molecule has 0 aliphatic rings. The van der Waals surface area contributed by atoms with E-state index in [4.69, 9.17) is 15.8 Å². The average molecular weight is 298 g/mol. The summed E-state index contributed by atoms with van der Waals surface area (Å²) in [6, 6.07) is 0. The first-order chi connectivity index (χ1) is 8.24. The molecule has 10 heteroatoms. The second-order valence-corrected chi connectivity index (χ2v) is 3.12. The Morgan fingerprint density at radius 3 is 1.50 bits per heavy atom. The molecule has 0 atom stereocenters. The molecule has 0 amide bonds. The van der Waals surface area contributed by atoms with Crippen LogP contribution >= 0.6 is 0 Å². The van der Waals surface area contributed by atoms with Crippen LogP contribution in [-0.2, 0) is 45.8 Å². The molecule has 0 radical (unpaired) electrons. The van der Waals surface area contributed by atoms with Crippen molar-refractivity contribution in [1.29, 1.82) is 0 Å². The molecule has 0 saturated heterocycles. The molecule has 0 saturated carbocycles. The fourth-order valence-corrected chi connectivity index (χ4v) is 0.432. The molecule has 0 aliphatic heterocycles. The van der Waals surface area contributed by atoms with E-state index in [-0.39, 0.29) is 0 Å². The van der Waals surface area contributed by atoms with Gasteiger partial charge in [-0.2, -0.15) is 0 Å². The maximum absolute atomic E-state index is 10.6. The number of carboxylic acid groups (broad SMARTS) is 1. The monoisotopic (exact) mass is 298 g/mol. The van der Waals surface area contributed by atoms with Crippen LogP contribution in [0.1, 0.15) is 0 Å². The van der Waals surface area contributed by atoms with E-state index in [1.54, 1.807) is 0 Å². The number of hydrogen-bond donors (Lipinski definition) is 3. The van der Waals surface area contributed by atoms with E-state index >= 15 is 0 Å². The van der Waals surface area contributed by atoms with Crippen LogP contribution in [0.15, 0.2) is 25.3 Å². The summed E-state index contributed by atoms with van der Waals surface area (Å²) in [7, 11) is 0. The third kappa shape index (κ3) is 12.4. The van der Waals surface area contributed by atoms with Crippen LogP contribution < -0.4 is 0 Å². The summed E-state index contributed by atoms with van der Waals surface area (Å²) in [6.07, 6.45) is -0.485. The van der Waals surface area contributed by atoms with Gasteiger partial charge in [-0.3, -0.25) is 0 Å². The molecule has 0 fully saturated rings. The minimum absolute atomic E-state index is 0.748. The molecule has 0 aromatic carbocycles. The Balaban J connectivity index is 0. The number of ether oxygens (including phenoxy) is 2.